The lowest BCUT2D eigenvalue weighted by atomic mass is 10.3. The number of thioether (sulfide) groups is 1. The predicted octanol–water partition coefficient (Wildman–Crippen LogP) is 3.09. The summed E-state index contributed by atoms with van der Waals surface area (Å²) in [5.41, 5.74) is 1.29. The van der Waals surface area contributed by atoms with Crippen LogP contribution in [0.3, 0.4) is 0 Å². The highest BCUT2D eigenvalue weighted by atomic mass is 32.2. The van der Waals surface area contributed by atoms with Crippen LogP contribution in [-0.2, 0) is 4.79 Å². The summed E-state index contributed by atoms with van der Waals surface area (Å²) < 4.78 is 0.830. The molecule has 1 heterocycles. The van der Waals surface area contributed by atoms with E-state index in [9.17, 15) is 14.9 Å². The van der Waals surface area contributed by atoms with Crippen LogP contribution >= 0.6 is 23.1 Å². The molecule has 2 rings (SSSR count). The van der Waals surface area contributed by atoms with Crippen LogP contribution in [0.5, 0.6) is 0 Å². The Labute approximate surface area is 123 Å². The number of aromatic nitrogens is 1. The van der Waals surface area contributed by atoms with Crippen LogP contribution in [0.25, 0.3) is 0 Å². The number of non-ortho nitro benzene ring substituents is 1. The van der Waals surface area contributed by atoms with Crippen LogP contribution in [0.2, 0.25) is 0 Å². The van der Waals surface area contributed by atoms with E-state index in [2.05, 4.69) is 10.3 Å². The molecule has 1 N–H and O–H groups in total. The van der Waals surface area contributed by atoms with E-state index >= 15 is 0 Å². The number of hydrogen-bond donors (Lipinski definition) is 1. The molecule has 2 aromatic rings. The molecule has 0 atom stereocenters. The van der Waals surface area contributed by atoms with Crippen molar-refractivity contribution in [3.8, 4) is 0 Å². The molecule has 104 valence electrons. The normalized spacial score (nSPS) is 10.2. The number of anilines is 1. The molecular formula is C12H11N3O3S2. The van der Waals surface area contributed by atoms with Crippen molar-refractivity contribution in [2.24, 2.45) is 0 Å². The van der Waals surface area contributed by atoms with E-state index in [0.29, 0.717) is 5.69 Å². The molecule has 1 aromatic carbocycles. The molecule has 0 bridgehead atoms. The third-order valence-electron chi connectivity index (χ3n) is 2.27. The fourth-order valence-corrected chi connectivity index (χ4v) is 3.07. The van der Waals surface area contributed by atoms with Crippen molar-refractivity contribution in [2.75, 3.05) is 11.1 Å². The molecule has 0 aliphatic heterocycles. The van der Waals surface area contributed by atoms with E-state index in [1.165, 1.54) is 41.3 Å². The van der Waals surface area contributed by atoms with Gasteiger partial charge in [0.2, 0.25) is 5.91 Å². The molecule has 8 heteroatoms. The van der Waals surface area contributed by atoms with Crippen molar-refractivity contribution in [1.29, 1.82) is 0 Å². The average molecular weight is 309 g/mol. The second-order valence-corrected chi connectivity index (χ2v) is 5.98. The van der Waals surface area contributed by atoms with E-state index < -0.39 is 4.92 Å². The number of amides is 1. The Morgan fingerprint density at radius 1 is 1.55 bits per heavy atom. The number of benzene rings is 1. The minimum absolute atomic E-state index is 0.0500. The van der Waals surface area contributed by atoms with E-state index in [0.717, 1.165) is 10.0 Å². The van der Waals surface area contributed by atoms with Crippen molar-refractivity contribution >= 4 is 40.4 Å². The van der Waals surface area contributed by atoms with Gasteiger partial charge in [-0.25, -0.2) is 4.98 Å². The summed E-state index contributed by atoms with van der Waals surface area (Å²) >= 11 is 2.83. The second kappa shape index (κ2) is 6.49. The zero-order chi connectivity index (χ0) is 14.5. The third-order valence-corrected chi connectivity index (χ3v) is 4.40. The fourth-order valence-electron chi connectivity index (χ4n) is 1.42. The lowest BCUT2D eigenvalue weighted by molar-refractivity contribution is -0.384. The molecule has 0 spiro atoms. The van der Waals surface area contributed by atoms with Gasteiger partial charge >= 0.3 is 0 Å². The highest BCUT2D eigenvalue weighted by Gasteiger charge is 2.09. The van der Waals surface area contributed by atoms with E-state index in [4.69, 9.17) is 0 Å². The second-order valence-electron chi connectivity index (χ2n) is 3.90. The van der Waals surface area contributed by atoms with Crippen molar-refractivity contribution in [3.05, 3.63) is 45.5 Å². The van der Waals surface area contributed by atoms with Gasteiger partial charge in [-0.1, -0.05) is 17.8 Å². The molecule has 0 fully saturated rings. The zero-order valence-corrected chi connectivity index (χ0v) is 12.2. The van der Waals surface area contributed by atoms with Gasteiger partial charge in [-0.3, -0.25) is 14.9 Å². The quantitative estimate of drug-likeness (QED) is 0.521. The first-order valence-electron chi connectivity index (χ1n) is 5.64. The first kappa shape index (κ1) is 14.5. The van der Waals surface area contributed by atoms with Crippen LogP contribution in [0, 0.1) is 17.0 Å². The SMILES string of the molecule is Cc1csc(SCC(=O)Nc2cccc([N+](=O)[O-])c2)n1. The zero-order valence-electron chi connectivity index (χ0n) is 10.5. The number of rotatable bonds is 5. The third kappa shape index (κ3) is 4.04. The Kier molecular flexibility index (Phi) is 4.70. The Hall–Kier alpha value is -1.93. The lowest BCUT2D eigenvalue weighted by Gasteiger charge is -2.03. The van der Waals surface area contributed by atoms with Crippen LogP contribution in [0.1, 0.15) is 5.69 Å². The van der Waals surface area contributed by atoms with Gasteiger partial charge in [0.1, 0.15) is 0 Å². The van der Waals surface area contributed by atoms with Gasteiger partial charge in [0, 0.05) is 28.9 Å². The minimum atomic E-state index is -0.497. The first-order valence-corrected chi connectivity index (χ1v) is 7.50. The molecule has 0 unspecified atom stereocenters. The number of nitrogens with one attached hydrogen (secondary N) is 1. The number of aryl methyl sites for hydroxylation is 1. The van der Waals surface area contributed by atoms with Gasteiger partial charge in [-0.2, -0.15) is 0 Å². The number of carbonyl (C=O) groups is 1. The van der Waals surface area contributed by atoms with Gasteiger partial charge in [0.25, 0.3) is 5.69 Å². The van der Waals surface area contributed by atoms with Crippen LogP contribution < -0.4 is 5.32 Å². The molecule has 20 heavy (non-hydrogen) atoms. The predicted molar refractivity (Wildman–Crippen MR) is 79.3 cm³/mol. The van der Waals surface area contributed by atoms with Gasteiger partial charge in [0.05, 0.1) is 10.7 Å². The van der Waals surface area contributed by atoms with Crippen molar-refractivity contribution < 1.29 is 9.72 Å². The van der Waals surface area contributed by atoms with Crippen LogP contribution in [-0.4, -0.2) is 21.6 Å². The summed E-state index contributed by atoms with van der Waals surface area (Å²) in [5.74, 6) is -0.00122. The molecule has 0 radical (unpaired) electrons. The Morgan fingerprint density at radius 3 is 3.00 bits per heavy atom. The number of nitro benzene ring substituents is 1. The topological polar surface area (TPSA) is 85.1 Å². The standard InChI is InChI=1S/C12H11N3O3S2/c1-8-6-19-12(13-8)20-7-11(16)14-9-3-2-4-10(5-9)15(17)18/h2-6H,7H2,1H3,(H,14,16). The monoisotopic (exact) mass is 309 g/mol. The molecule has 6 nitrogen and oxygen atoms in total. The summed E-state index contributed by atoms with van der Waals surface area (Å²) in [5, 5.41) is 15.2. The van der Waals surface area contributed by atoms with Crippen molar-refractivity contribution in [2.45, 2.75) is 11.3 Å². The number of nitro groups is 1. The van der Waals surface area contributed by atoms with Crippen molar-refractivity contribution in [1.82, 2.24) is 4.98 Å². The number of nitrogens with zero attached hydrogens (tertiary/aromatic N) is 2. The maximum atomic E-state index is 11.7. The summed E-state index contributed by atoms with van der Waals surface area (Å²) in [7, 11) is 0. The fraction of sp³-hybridized carbons (Fsp3) is 0.167. The minimum Gasteiger partial charge on any atom is -0.325 e. The molecule has 0 aliphatic rings. The highest BCUT2D eigenvalue weighted by molar-refractivity contribution is 8.01. The molecular weight excluding hydrogens is 298 g/mol. The molecule has 0 aliphatic carbocycles. The van der Waals surface area contributed by atoms with Gasteiger partial charge in [-0.15, -0.1) is 11.3 Å². The average Bonchev–Trinajstić information content (AvgIpc) is 2.82. The summed E-state index contributed by atoms with van der Waals surface area (Å²) in [6.07, 6.45) is 0. The highest BCUT2D eigenvalue weighted by Crippen LogP contribution is 2.23. The number of hydrogen-bond acceptors (Lipinski definition) is 6. The van der Waals surface area contributed by atoms with E-state index in [-0.39, 0.29) is 17.3 Å². The smallest absolute Gasteiger partial charge is 0.271 e. The van der Waals surface area contributed by atoms with Crippen LogP contribution in [0.15, 0.2) is 34.0 Å². The summed E-state index contributed by atoms with van der Waals surface area (Å²) in [6, 6.07) is 5.85. The van der Waals surface area contributed by atoms with Gasteiger partial charge in [-0.05, 0) is 13.0 Å². The molecule has 0 saturated heterocycles. The largest absolute Gasteiger partial charge is 0.325 e. The first-order chi connectivity index (χ1) is 9.54. The summed E-state index contributed by atoms with van der Waals surface area (Å²) in [6.45, 7) is 1.89. The lowest BCUT2D eigenvalue weighted by Crippen LogP contribution is -2.14. The Balaban J connectivity index is 1.91. The Morgan fingerprint density at radius 2 is 2.35 bits per heavy atom. The van der Waals surface area contributed by atoms with Crippen molar-refractivity contribution in [3.63, 3.8) is 0 Å². The Bertz CT molecular complexity index is 642. The van der Waals surface area contributed by atoms with Crippen LogP contribution in [0.4, 0.5) is 11.4 Å². The van der Waals surface area contributed by atoms with E-state index in [1.807, 2.05) is 12.3 Å². The molecule has 1 aromatic heterocycles. The maximum absolute atomic E-state index is 11.7. The maximum Gasteiger partial charge on any atom is 0.271 e. The van der Waals surface area contributed by atoms with Gasteiger partial charge < -0.3 is 5.32 Å². The number of carbonyl (C=O) groups excluding carboxylic acids is 1. The number of thiazole rings is 1. The van der Waals surface area contributed by atoms with Gasteiger partial charge in [0.15, 0.2) is 4.34 Å². The summed E-state index contributed by atoms with van der Waals surface area (Å²) in [4.78, 5) is 26.1. The van der Waals surface area contributed by atoms with E-state index in [1.54, 1.807) is 6.07 Å². The molecule has 1 amide bonds. The molecule has 0 saturated carbocycles.